The summed E-state index contributed by atoms with van der Waals surface area (Å²) in [7, 11) is 0. The predicted molar refractivity (Wildman–Crippen MR) is 96.5 cm³/mol. The Morgan fingerprint density at radius 2 is 1.95 bits per heavy atom. The zero-order valence-electron chi connectivity index (χ0n) is 13.8. The Bertz CT molecular complexity index is 406. The van der Waals surface area contributed by atoms with Crippen LogP contribution in [0.15, 0.2) is 23.1 Å². The summed E-state index contributed by atoms with van der Waals surface area (Å²) in [6, 6.07) is 6.22. The third kappa shape index (κ3) is 7.05. The van der Waals surface area contributed by atoms with Gasteiger partial charge in [-0.1, -0.05) is 45.4 Å². The lowest BCUT2D eigenvalue weighted by molar-refractivity contribution is 0.324. The van der Waals surface area contributed by atoms with Gasteiger partial charge in [0.25, 0.3) is 0 Å². The van der Waals surface area contributed by atoms with Crippen LogP contribution in [0.2, 0.25) is 5.02 Å². The van der Waals surface area contributed by atoms with Gasteiger partial charge in [0.05, 0.1) is 0 Å². The molecular formula is C17H29ClN2S. The smallest absolute Gasteiger partial charge is 0.0462 e. The van der Waals surface area contributed by atoms with Crippen LogP contribution >= 0.6 is 23.4 Å². The molecule has 0 spiro atoms. The van der Waals surface area contributed by atoms with E-state index in [1.807, 2.05) is 23.9 Å². The van der Waals surface area contributed by atoms with E-state index in [1.165, 1.54) is 10.5 Å². The number of hydrogen-bond acceptors (Lipinski definition) is 3. The Hall–Kier alpha value is -0.220. The largest absolute Gasteiger partial charge is 0.312 e. The molecule has 0 atom stereocenters. The zero-order chi connectivity index (χ0) is 15.7. The molecule has 0 saturated heterocycles. The second-order valence-corrected chi connectivity index (χ2v) is 7.16. The molecule has 0 aliphatic heterocycles. The third-order valence-electron chi connectivity index (χ3n) is 3.49. The molecule has 0 aliphatic rings. The summed E-state index contributed by atoms with van der Waals surface area (Å²) in [6.45, 7) is 14.1. The number of halogens is 1. The van der Waals surface area contributed by atoms with Crippen LogP contribution in [0.5, 0.6) is 0 Å². The van der Waals surface area contributed by atoms with Crippen molar-refractivity contribution in [2.45, 2.75) is 39.1 Å². The second-order valence-electron chi connectivity index (χ2n) is 5.62. The quantitative estimate of drug-likeness (QED) is 0.636. The minimum absolute atomic E-state index is 0.659. The highest BCUT2D eigenvalue weighted by Crippen LogP contribution is 2.28. The van der Waals surface area contributed by atoms with Gasteiger partial charge in [0, 0.05) is 28.8 Å². The summed E-state index contributed by atoms with van der Waals surface area (Å²) < 4.78 is 0. The van der Waals surface area contributed by atoms with E-state index in [1.54, 1.807) is 0 Å². The van der Waals surface area contributed by atoms with Gasteiger partial charge in [-0.25, -0.2) is 0 Å². The van der Waals surface area contributed by atoms with E-state index in [0.717, 1.165) is 43.5 Å². The van der Waals surface area contributed by atoms with Crippen LogP contribution in [0.25, 0.3) is 0 Å². The number of nitrogens with zero attached hydrogens (tertiary/aromatic N) is 1. The predicted octanol–water partition coefficient (Wildman–Crippen LogP) is 4.52. The Morgan fingerprint density at radius 1 is 1.24 bits per heavy atom. The zero-order valence-corrected chi connectivity index (χ0v) is 15.4. The van der Waals surface area contributed by atoms with Crippen molar-refractivity contribution in [3.05, 3.63) is 28.8 Å². The Labute approximate surface area is 139 Å². The fourth-order valence-electron chi connectivity index (χ4n) is 2.16. The van der Waals surface area contributed by atoms with Gasteiger partial charge >= 0.3 is 0 Å². The second kappa shape index (κ2) is 10.5. The molecule has 0 aliphatic carbocycles. The molecule has 0 radical (unpaired) electrons. The molecule has 4 heteroatoms. The summed E-state index contributed by atoms with van der Waals surface area (Å²) in [5.74, 6) is 1.77. The maximum atomic E-state index is 6.38. The van der Waals surface area contributed by atoms with Gasteiger partial charge in [-0.2, -0.15) is 0 Å². The van der Waals surface area contributed by atoms with E-state index in [4.69, 9.17) is 11.6 Å². The van der Waals surface area contributed by atoms with Gasteiger partial charge in [0.1, 0.15) is 0 Å². The molecule has 1 rings (SSSR count). The molecule has 0 unspecified atom stereocenters. The van der Waals surface area contributed by atoms with Crippen molar-refractivity contribution in [3.8, 4) is 0 Å². The first-order valence-electron chi connectivity index (χ1n) is 7.91. The molecule has 0 bridgehead atoms. The summed E-state index contributed by atoms with van der Waals surface area (Å²) in [4.78, 5) is 3.76. The Balaban J connectivity index is 2.58. The maximum Gasteiger partial charge on any atom is 0.0462 e. The van der Waals surface area contributed by atoms with Crippen LogP contribution in [-0.4, -0.2) is 36.8 Å². The van der Waals surface area contributed by atoms with Gasteiger partial charge in [0.15, 0.2) is 0 Å². The number of nitrogens with one attached hydrogen (secondary N) is 1. The maximum absolute atomic E-state index is 6.38. The van der Waals surface area contributed by atoms with E-state index in [-0.39, 0.29) is 0 Å². The van der Waals surface area contributed by atoms with Crippen molar-refractivity contribution in [2.24, 2.45) is 5.92 Å². The van der Waals surface area contributed by atoms with Crippen molar-refractivity contribution in [2.75, 3.05) is 31.9 Å². The number of thioether (sulfide) groups is 1. The highest BCUT2D eigenvalue weighted by molar-refractivity contribution is 7.99. The highest BCUT2D eigenvalue weighted by Gasteiger charge is 2.08. The topological polar surface area (TPSA) is 15.3 Å². The fourth-order valence-corrected chi connectivity index (χ4v) is 3.55. The number of rotatable bonds is 10. The molecule has 2 nitrogen and oxygen atoms in total. The van der Waals surface area contributed by atoms with Crippen molar-refractivity contribution < 1.29 is 0 Å². The van der Waals surface area contributed by atoms with E-state index in [0.29, 0.717) is 5.92 Å². The number of hydrogen-bond donors (Lipinski definition) is 1. The molecular weight excluding hydrogens is 300 g/mol. The molecule has 21 heavy (non-hydrogen) atoms. The van der Waals surface area contributed by atoms with Gasteiger partial charge in [-0.3, -0.25) is 0 Å². The lowest BCUT2D eigenvalue weighted by atomic mass is 10.2. The molecule has 1 aromatic carbocycles. The minimum Gasteiger partial charge on any atom is -0.312 e. The van der Waals surface area contributed by atoms with E-state index in [9.17, 15) is 0 Å². The summed E-state index contributed by atoms with van der Waals surface area (Å²) in [5.41, 5.74) is 1.24. The fraction of sp³-hybridized carbons (Fsp3) is 0.647. The SMILES string of the molecule is CCN(CC)CCSc1cccc(Cl)c1CNCC(C)C. The van der Waals surface area contributed by atoms with E-state index >= 15 is 0 Å². The summed E-state index contributed by atoms with van der Waals surface area (Å²) in [5, 5.41) is 4.37. The van der Waals surface area contributed by atoms with Crippen LogP contribution < -0.4 is 5.32 Å². The van der Waals surface area contributed by atoms with Crippen molar-refractivity contribution in [1.82, 2.24) is 10.2 Å². The highest BCUT2D eigenvalue weighted by atomic mass is 35.5. The molecule has 120 valence electrons. The van der Waals surface area contributed by atoms with Crippen LogP contribution in [0, 0.1) is 5.92 Å². The van der Waals surface area contributed by atoms with E-state index < -0.39 is 0 Å². The summed E-state index contributed by atoms with van der Waals surface area (Å²) >= 11 is 8.29. The lowest BCUT2D eigenvalue weighted by Gasteiger charge is -2.18. The Kier molecular flexibility index (Phi) is 9.41. The monoisotopic (exact) mass is 328 g/mol. The summed E-state index contributed by atoms with van der Waals surface area (Å²) in [6.07, 6.45) is 0. The van der Waals surface area contributed by atoms with Gasteiger partial charge in [-0.15, -0.1) is 11.8 Å². The average Bonchev–Trinajstić information content (AvgIpc) is 2.46. The van der Waals surface area contributed by atoms with Crippen molar-refractivity contribution in [3.63, 3.8) is 0 Å². The van der Waals surface area contributed by atoms with Crippen LogP contribution in [0.3, 0.4) is 0 Å². The molecule has 0 fully saturated rings. The first-order chi connectivity index (χ1) is 10.1. The first-order valence-corrected chi connectivity index (χ1v) is 9.28. The molecule has 0 saturated carbocycles. The van der Waals surface area contributed by atoms with Crippen LogP contribution in [0.4, 0.5) is 0 Å². The minimum atomic E-state index is 0.659. The van der Waals surface area contributed by atoms with Crippen LogP contribution in [0.1, 0.15) is 33.3 Å². The standard InChI is InChI=1S/C17H29ClN2S/c1-5-20(6-2)10-11-21-17-9-7-8-16(18)15(17)13-19-12-14(3)4/h7-9,14,19H,5-6,10-13H2,1-4H3. The van der Waals surface area contributed by atoms with Gasteiger partial charge in [-0.05, 0) is 43.2 Å². The molecule has 1 aromatic rings. The van der Waals surface area contributed by atoms with Crippen molar-refractivity contribution in [1.29, 1.82) is 0 Å². The van der Waals surface area contributed by atoms with Gasteiger partial charge in [0.2, 0.25) is 0 Å². The van der Waals surface area contributed by atoms with E-state index in [2.05, 4.69) is 44.0 Å². The molecule has 0 heterocycles. The van der Waals surface area contributed by atoms with Crippen molar-refractivity contribution >= 4 is 23.4 Å². The number of benzene rings is 1. The lowest BCUT2D eigenvalue weighted by Crippen LogP contribution is -2.25. The van der Waals surface area contributed by atoms with Crippen LogP contribution in [-0.2, 0) is 6.54 Å². The molecule has 0 amide bonds. The van der Waals surface area contributed by atoms with Gasteiger partial charge < -0.3 is 10.2 Å². The third-order valence-corrected chi connectivity index (χ3v) is 4.92. The average molecular weight is 329 g/mol. The Morgan fingerprint density at radius 3 is 2.57 bits per heavy atom. The molecule has 1 N–H and O–H groups in total. The molecule has 0 aromatic heterocycles. The first kappa shape index (κ1) is 18.8. The normalized spacial score (nSPS) is 11.6.